The number of hydrogen-bond donors (Lipinski definition) is 0. The molecule has 0 aliphatic rings. The van der Waals surface area contributed by atoms with Crippen molar-refractivity contribution in [2.75, 3.05) is 0 Å². The largest absolute Gasteiger partial charge is 0.139 e. The zero-order valence-electron chi connectivity index (χ0n) is 14.4. The van der Waals surface area contributed by atoms with Crippen LogP contribution < -0.4 is 5.46 Å². The van der Waals surface area contributed by atoms with E-state index >= 15 is 0 Å². The molecule has 0 unspecified atom stereocenters. The van der Waals surface area contributed by atoms with Gasteiger partial charge in [-0.3, -0.25) is 0 Å². The van der Waals surface area contributed by atoms with Gasteiger partial charge in [-0.25, -0.2) is 0 Å². The third-order valence-corrected chi connectivity index (χ3v) is 4.35. The van der Waals surface area contributed by atoms with E-state index in [1.807, 2.05) is 0 Å². The van der Waals surface area contributed by atoms with E-state index < -0.39 is 0 Å². The van der Waals surface area contributed by atoms with Crippen molar-refractivity contribution in [2.45, 2.75) is 26.2 Å². The van der Waals surface area contributed by atoms with E-state index in [2.05, 4.69) is 101 Å². The third kappa shape index (κ3) is 3.56. The Morgan fingerprint density at radius 3 is 1.17 bits per heavy atom. The molecule has 0 aliphatic heterocycles. The van der Waals surface area contributed by atoms with Crippen LogP contribution in [0.25, 0.3) is 22.3 Å². The first kappa shape index (κ1) is 15.6. The lowest BCUT2D eigenvalue weighted by Gasteiger charge is -2.19. The number of rotatable bonds is 2. The monoisotopic (exact) mass is 298 g/mol. The van der Waals surface area contributed by atoms with E-state index in [-0.39, 0.29) is 5.41 Å². The molecule has 0 amide bonds. The summed E-state index contributed by atoms with van der Waals surface area (Å²) in [6, 6.07) is 26.4. The van der Waals surface area contributed by atoms with Crippen LogP contribution in [-0.2, 0) is 5.41 Å². The molecule has 0 saturated heterocycles. The summed E-state index contributed by atoms with van der Waals surface area (Å²) < 4.78 is 0. The predicted octanol–water partition coefficient (Wildman–Crippen LogP) is 4.58. The molecule has 0 atom stereocenters. The summed E-state index contributed by atoms with van der Waals surface area (Å²) >= 11 is 0. The minimum Gasteiger partial charge on any atom is -0.0889 e. The van der Waals surface area contributed by atoms with Gasteiger partial charge in [0.1, 0.15) is 7.85 Å². The fourth-order valence-corrected chi connectivity index (χ4v) is 2.76. The van der Waals surface area contributed by atoms with Crippen LogP contribution in [0.2, 0.25) is 0 Å². The lowest BCUT2D eigenvalue weighted by Crippen LogP contribution is -2.10. The average Bonchev–Trinajstić information content (AvgIpc) is 2.55. The fourth-order valence-electron chi connectivity index (χ4n) is 2.76. The summed E-state index contributed by atoms with van der Waals surface area (Å²) in [7, 11) is 2.12. The van der Waals surface area contributed by atoms with Crippen molar-refractivity contribution in [3.63, 3.8) is 0 Å². The maximum Gasteiger partial charge on any atom is 0.139 e. The first-order valence-electron chi connectivity index (χ1n) is 8.21. The standard InChI is InChI=1S/C22H23B/c1-22(2,3)20-12-8-18(9-13-20)16-4-6-17(7-5-16)19-10-14-21(23)15-11-19/h4-15H,23H2,1-3H3. The molecule has 3 rings (SSSR count). The molecule has 0 spiro atoms. The lowest BCUT2D eigenvalue weighted by atomic mass is 9.86. The van der Waals surface area contributed by atoms with Gasteiger partial charge in [-0.2, -0.15) is 0 Å². The zero-order chi connectivity index (χ0) is 16.4. The zero-order valence-corrected chi connectivity index (χ0v) is 14.4. The van der Waals surface area contributed by atoms with E-state index in [1.165, 1.54) is 33.3 Å². The molecule has 0 N–H and O–H groups in total. The van der Waals surface area contributed by atoms with Gasteiger partial charge in [0.2, 0.25) is 0 Å². The minimum absolute atomic E-state index is 0.202. The van der Waals surface area contributed by atoms with Crippen LogP contribution in [0.3, 0.4) is 0 Å². The van der Waals surface area contributed by atoms with Crippen molar-refractivity contribution in [3.05, 3.63) is 78.4 Å². The third-order valence-electron chi connectivity index (χ3n) is 4.35. The molecule has 114 valence electrons. The molecule has 0 fully saturated rings. The molecule has 0 heterocycles. The van der Waals surface area contributed by atoms with E-state index in [0.29, 0.717) is 0 Å². The highest BCUT2D eigenvalue weighted by Crippen LogP contribution is 2.27. The van der Waals surface area contributed by atoms with Gasteiger partial charge in [-0.15, -0.1) is 0 Å². The molecule has 0 aliphatic carbocycles. The second kappa shape index (κ2) is 6.08. The molecule has 3 aromatic rings. The second-order valence-corrected chi connectivity index (χ2v) is 7.27. The lowest BCUT2D eigenvalue weighted by molar-refractivity contribution is 0.590. The number of hydrogen-bond acceptors (Lipinski definition) is 0. The van der Waals surface area contributed by atoms with Crippen LogP contribution in [0.15, 0.2) is 72.8 Å². The normalized spacial score (nSPS) is 11.4. The summed E-state index contributed by atoms with van der Waals surface area (Å²) in [5.74, 6) is 0. The van der Waals surface area contributed by atoms with Gasteiger partial charge in [0.25, 0.3) is 0 Å². The van der Waals surface area contributed by atoms with Crippen LogP contribution >= 0.6 is 0 Å². The minimum atomic E-state index is 0.202. The van der Waals surface area contributed by atoms with E-state index in [0.717, 1.165) is 0 Å². The Morgan fingerprint density at radius 2 is 0.826 bits per heavy atom. The van der Waals surface area contributed by atoms with Crippen molar-refractivity contribution >= 4 is 13.3 Å². The first-order chi connectivity index (χ1) is 10.9. The number of benzene rings is 3. The summed E-state index contributed by atoms with van der Waals surface area (Å²) in [5.41, 5.74) is 7.94. The van der Waals surface area contributed by atoms with Gasteiger partial charge >= 0.3 is 0 Å². The molecule has 3 aromatic carbocycles. The molecule has 0 saturated carbocycles. The van der Waals surface area contributed by atoms with Gasteiger partial charge in [0, 0.05) is 0 Å². The van der Waals surface area contributed by atoms with Crippen LogP contribution in [-0.4, -0.2) is 7.85 Å². The van der Waals surface area contributed by atoms with Crippen LogP contribution in [0.5, 0.6) is 0 Å². The Morgan fingerprint density at radius 1 is 0.522 bits per heavy atom. The van der Waals surface area contributed by atoms with Crippen molar-refractivity contribution in [1.82, 2.24) is 0 Å². The summed E-state index contributed by atoms with van der Waals surface area (Å²) in [4.78, 5) is 0. The Hall–Kier alpha value is -2.28. The summed E-state index contributed by atoms with van der Waals surface area (Å²) in [5, 5.41) is 0. The molecule has 0 nitrogen and oxygen atoms in total. The van der Waals surface area contributed by atoms with E-state index in [1.54, 1.807) is 0 Å². The maximum atomic E-state index is 2.25. The molecule has 23 heavy (non-hydrogen) atoms. The van der Waals surface area contributed by atoms with Crippen molar-refractivity contribution < 1.29 is 0 Å². The Labute approximate surface area is 140 Å². The van der Waals surface area contributed by atoms with Gasteiger partial charge in [0.05, 0.1) is 0 Å². The highest BCUT2D eigenvalue weighted by molar-refractivity contribution is 6.32. The van der Waals surface area contributed by atoms with E-state index in [4.69, 9.17) is 0 Å². The highest BCUT2D eigenvalue weighted by atomic mass is 14.2. The van der Waals surface area contributed by atoms with Crippen molar-refractivity contribution in [3.8, 4) is 22.3 Å². The highest BCUT2D eigenvalue weighted by Gasteiger charge is 2.13. The molecule has 0 bridgehead atoms. The van der Waals surface area contributed by atoms with Crippen LogP contribution in [0, 0.1) is 0 Å². The summed E-state index contributed by atoms with van der Waals surface area (Å²) in [6.07, 6.45) is 0. The average molecular weight is 298 g/mol. The predicted molar refractivity (Wildman–Crippen MR) is 104 cm³/mol. The SMILES string of the molecule is Bc1ccc(-c2ccc(-c3ccc(C(C)(C)C)cc3)cc2)cc1. The van der Waals surface area contributed by atoms with Gasteiger partial charge in [-0.05, 0) is 33.2 Å². The summed E-state index contributed by atoms with van der Waals surface area (Å²) in [6.45, 7) is 6.75. The smallest absolute Gasteiger partial charge is 0.0889 e. The molecule has 0 aromatic heterocycles. The molecular formula is C22H23B. The Kier molecular flexibility index (Phi) is 4.13. The molecule has 0 radical (unpaired) electrons. The Bertz CT molecular complexity index is 773. The van der Waals surface area contributed by atoms with Crippen LogP contribution in [0.1, 0.15) is 26.3 Å². The quantitative estimate of drug-likeness (QED) is 0.608. The van der Waals surface area contributed by atoms with Gasteiger partial charge in [-0.1, -0.05) is 99.0 Å². The topological polar surface area (TPSA) is 0 Å². The van der Waals surface area contributed by atoms with Crippen LogP contribution in [0.4, 0.5) is 0 Å². The first-order valence-corrected chi connectivity index (χ1v) is 8.21. The van der Waals surface area contributed by atoms with Crippen molar-refractivity contribution in [1.29, 1.82) is 0 Å². The molecule has 1 heteroatoms. The van der Waals surface area contributed by atoms with Gasteiger partial charge in [0.15, 0.2) is 0 Å². The van der Waals surface area contributed by atoms with E-state index in [9.17, 15) is 0 Å². The fraction of sp³-hybridized carbons (Fsp3) is 0.182. The maximum absolute atomic E-state index is 2.25. The second-order valence-electron chi connectivity index (χ2n) is 7.27. The van der Waals surface area contributed by atoms with Gasteiger partial charge < -0.3 is 0 Å². The van der Waals surface area contributed by atoms with Crippen molar-refractivity contribution in [2.24, 2.45) is 0 Å². The Balaban J connectivity index is 1.86. The molecular weight excluding hydrogens is 275 g/mol.